The van der Waals surface area contributed by atoms with E-state index >= 15 is 0 Å². The minimum Gasteiger partial charge on any atom is -0.458 e. The van der Waals surface area contributed by atoms with Crippen LogP contribution in [0.3, 0.4) is 0 Å². The third-order valence-electron chi connectivity index (χ3n) is 4.38. The fourth-order valence-corrected chi connectivity index (χ4v) is 2.61. The Hall–Kier alpha value is -3.54. The number of carbonyl (C=O) groups excluding carboxylic acids is 4. The summed E-state index contributed by atoms with van der Waals surface area (Å²) in [6, 6.07) is 3.22. The molecule has 0 amide bonds. The van der Waals surface area contributed by atoms with Gasteiger partial charge < -0.3 is 38.9 Å². The van der Waals surface area contributed by atoms with Crippen molar-refractivity contribution >= 4 is 24.4 Å². The van der Waals surface area contributed by atoms with Crippen LogP contribution < -0.4 is 15.2 Å². The number of esters is 1. The van der Waals surface area contributed by atoms with Crippen molar-refractivity contribution in [1.29, 1.82) is 0 Å². The minimum absolute atomic E-state index is 0.000956. The largest absolute Gasteiger partial charge is 0.513 e. The highest BCUT2D eigenvalue weighted by Crippen LogP contribution is 2.30. The van der Waals surface area contributed by atoms with Gasteiger partial charge in [0.15, 0.2) is 11.5 Å². The Balaban J connectivity index is 2.77. The first-order chi connectivity index (χ1) is 17.8. The molecule has 12 heteroatoms. The molecule has 1 rings (SSSR count). The Labute approximate surface area is 223 Å². The van der Waals surface area contributed by atoms with E-state index in [4.69, 9.17) is 38.9 Å². The topological polar surface area (TPSA) is 159 Å². The van der Waals surface area contributed by atoms with Crippen molar-refractivity contribution in [1.82, 2.24) is 0 Å². The van der Waals surface area contributed by atoms with E-state index in [1.807, 2.05) is 34.6 Å². The third-order valence-corrected chi connectivity index (χ3v) is 4.38. The zero-order valence-electron chi connectivity index (χ0n) is 22.9. The number of hydrogen-bond donors (Lipinski definition) is 1. The summed E-state index contributed by atoms with van der Waals surface area (Å²) < 4.78 is 35.3. The molecule has 38 heavy (non-hydrogen) atoms. The second-order valence-electron chi connectivity index (χ2n) is 9.65. The summed E-state index contributed by atoms with van der Waals surface area (Å²) in [6.45, 7) is 11.2. The molecule has 1 aromatic rings. The van der Waals surface area contributed by atoms with Crippen molar-refractivity contribution in [3.63, 3.8) is 0 Å². The smallest absolute Gasteiger partial charge is 0.458 e. The molecule has 0 saturated carbocycles. The van der Waals surface area contributed by atoms with E-state index in [0.29, 0.717) is 18.4 Å². The van der Waals surface area contributed by atoms with Gasteiger partial charge >= 0.3 is 24.4 Å². The van der Waals surface area contributed by atoms with Gasteiger partial charge in [0, 0.05) is 0 Å². The number of benzene rings is 1. The third kappa shape index (κ3) is 13.7. The van der Waals surface area contributed by atoms with Crippen LogP contribution >= 0.6 is 0 Å². The summed E-state index contributed by atoms with van der Waals surface area (Å²) in [5.41, 5.74) is 6.26. The predicted molar refractivity (Wildman–Crippen MR) is 135 cm³/mol. The van der Waals surface area contributed by atoms with E-state index in [0.717, 1.165) is 0 Å². The lowest BCUT2D eigenvalue weighted by atomic mass is 9.99. The number of rotatable bonds is 13. The molecule has 0 aliphatic rings. The molecule has 0 heterocycles. The maximum Gasteiger partial charge on any atom is 0.513 e. The average Bonchev–Trinajstić information content (AvgIpc) is 2.84. The molecule has 2 N–H and O–H groups in total. The molecule has 0 fully saturated rings. The molecule has 0 bridgehead atoms. The maximum atomic E-state index is 12.4. The van der Waals surface area contributed by atoms with E-state index in [2.05, 4.69) is 0 Å². The summed E-state index contributed by atoms with van der Waals surface area (Å²) in [4.78, 5) is 48.0. The quantitative estimate of drug-likeness (QED) is 0.211. The number of nitrogens with two attached hydrogens (primary N) is 1. The molecule has 0 unspecified atom stereocenters. The van der Waals surface area contributed by atoms with Crippen molar-refractivity contribution in [3.05, 3.63) is 23.8 Å². The lowest BCUT2D eigenvalue weighted by molar-refractivity contribution is -0.152. The summed E-state index contributed by atoms with van der Waals surface area (Å²) >= 11 is 0. The van der Waals surface area contributed by atoms with Crippen LogP contribution in [0.25, 0.3) is 0 Å². The number of hydrogen-bond acceptors (Lipinski definition) is 12. The van der Waals surface area contributed by atoms with Crippen LogP contribution in [0.2, 0.25) is 0 Å². The Kier molecular flexibility index (Phi) is 14.0. The lowest BCUT2D eigenvalue weighted by Gasteiger charge is -2.19. The van der Waals surface area contributed by atoms with Gasteiger partial charge in [-0.3, -0.25) is 4.79 Å². The highest BCUT2D eigenvalue weighted by Gasteiger charge is 2.22. The zero-order chi connectivity index (χ0) is 28.7. The van der Waals surface area contributed by atoms with E-state index in [-0.39, 0.29) is 49.8 Å². The molecule has 0 spiro atoms. The second kappa shape index (κ2) is 16.3. The van der Waals surface area contributed by atoms with Crippen molar-refractivity contribution in [2.45, 2.75) is 73.0 Å². The molecule has 214 valence electrons. The van der Waals surface area contributed by atoms with Gasteiger partial charge in [-0.15, -0.1) is 0 Å². The van der Waals surface area contributed by atoms with E-state index in [9.17, 15) is 19.2 Å². The molecule has 12 nitrogen and oxygen atoms in total. The van der Waals surface area contributed by atoms with Crippen LogP contribution in [0.4, 0.5) is 14.4 Å². The first-order valence-electron chi connectivity index (χ1n) is 12.4. The Morgan fingerprint density at radius 3 is 1.97 bits per heavy atom. The van der Waals surface area contributed by atoms with Crippen LogP contribution in [0.1, 0.15) is 59.9 Å². The van der Waals surface area contributed by atoms with Crippen molar-refractivity contribution < 1.29 is 52.3 Å². The predicted octanol–water partition coefficient (Wildman–Crippen LogP) is 4.54. The van der Waals surface area contributed by atoms with Gasteiger partial charge in [-0.25, -0.2) is 14.4 Å². The maximum absolute atomic E-state index is 12.4. The molecule has 0 aromatic heterocycles. The molecular formula is C26H39NO11. The van der Waals surface area contributed by atoms with Crippen molar-refractivity contribution in [2.24, 2.45) is 11.1 Å². The fourth-order valence-electron chi connectivity index (χ4n) is 2.61. The summed E-state index contributed by atoms with van der Waals surface area (Å²) in [7, 11) is 0. The normalized spacial score (nSPS) is 12.5. The van der Waals surface area contributed by atoms with Crippen LogP contribution in [-0.4, -0.2) is 63.0 Å². The van der Waals surface area contributed by atoms with Crippen molar-refractivity contribution in [3.8, 4) is 11.5 Å². The van der Waals surface area contributed by atoms with Crippen LogP contribution in [-0.2, 0) is 34.9 Å². The monoisotopic (exact) mass is 541 g/mol. The Bertz CT molecular complexity index is 926. The van der Waals surface area contributed by atoms with E-state index in [1.165, 1.54) is 18.2 Å². The Morgan fingerprint density at radius 1 is 0.842 bits per heavy atom. The highest BCUT2D eigenvalue weighted by molar-refractivity contribution is 5.76. The van der Waals surface area contributed by atoms with Crippen LogP contribution in [0.5, 0.6) is 11.5 Å². The first-order valence-corrected chi connectivity index (χ1v) is 12.4. The summed E-state index contributed by atoms with van der Waals surface area (Å²) in [5.74, 6) is -0.936. The van der Waals surface area contributed by atoms with E-state index in [1.54, 1.807) is 6.92 Å². The number of carbonyl (C=O) groups is 4. The average molecular weight is 542 g/mol. The standard InChI is InChI=1S/C26H39NO11/c1-7-11-32-24(30)37-20-10-9-18(14-21(20)38-25(31)33-12-8-2)13-19(27)22(28)36-17(3)15-34-23(29)35-16-26(4,5)6/h9-10,14,17,19H,7-8,11-13,15-16,27H2,1-6H3/t17-,19-/m0/s1. The lowest BCUT2D eigenvalue weighted by Crippen LogP contribution is -2.37. The summed E-state index contributed by atoms with van der Waals surface area (Å²) in [5, 5.41) is 0. The molecule has 0 aliphatic heterocycles. The first kappa shape index (κ1) is 32.5. The van der Waals surface area contributed by atoms with E-state index < -0.39 is 36.6 Å². The number of ether oxygens (including phenoxy) is 7. The van der Waals surface area contributed by atoms with Gasteiger partial charge in [0.1, 0.15) is 18.8 Å². The molecule has 1 aromatic carbocycles. The summed E-state index contributed by atoms with van der Waals surface area (Å²) in [6.07, 6.45) is -2.41. The van der Waals surface area contributed by atoms with Gasteiger partial charge in [0.25, 0.3) is 0 Å². The SMILES string of the molecule is CCCOC(=O)Oc1ccc(C[C@H](N)C(=O)O[C@@H](C)COC(=O)OCC(C)(C)C)cc1OC(=O)OCCC. The molecule has 0 radical (unpaired) electrons. The molecule has 2 atom stereocenters. The van der Waals surface area contributed by atoms with Gasteiger partial charge in [0.05, 0.1) is 19.8 Å². The zero-order valence-corrected chi connectivity index (χ0v) is 22.9. The van der Waals surface area contributed by atoms with Gasteiger partial charge in [0.2, 0.25) is 0 Å². The van der Waals surface area contributed by atoms with Crippen molar-refractivity contribution in [2.75, 3.05) is 26.4 Å². The highest BCUT2D eigenvalue weighted by atomic mass is 16.7. The fraction of sp³-hybridized carbons (Fsp3) is 0.615. The Morgan fingerprint density at radius 2 is 1.42 bits per heavy atom. The molecule has 0 aliphatic carbocycles. The molecule has 0 saturated heterocycles. The second-order valence-corrected chi connectivity index (χ2v) is 9.65. The van der Waals surface area contributed by atoms with Gasteiger partial charge in [-0.1, -0.05) is 40.7 Å². The minimum atomic E-state index is -1.09. The van der Waals surface area contributed by atoms with Crippen LogP contribution in [0.15, 0.2) is 18.2 Å². The van der Waals surface area contributed by atoms with Crippen LogP contribution in [0, 0.1) is 5.41 Å². The van der Waals surface area contributed by atoms with Gasteiger partial charge in [-0.05, 0) is 49.3 Å². The molecular weight excluding hydrogens is 502 g/mol. The van der Waals surface area contributed by atoms with Gasteiger partial charge in [-0.2, -0.15) is 0 Å².